The Hall–Kier alpha value is -1.06. The third-order valence-corrected chi connectivity index (χ3v) is 3.02. The summed E-state index contributed by atoms with van der Waals surface area (Å²) < 4.78 is 5.24. The molecule has 0 aromatic heterocycles. The average molecular weight is 236 g/mol. The van der Waals surface area contributed by atoms with Gasteiger partial charge in [-0.15, -0.1) is 0 Å². The first-order chi connectivity index (χ1) is 8.11. The molecule has 0 saturated heterocycles. The Morgan fingerprint density at radius 2 is 1.94 bits per heavy atom. The van der Waals surface area contributed by atoms with Crippen molar-refractivity contribution in [2.75, 3.05) is 25.2 Å². The van der Waals surface area contributed by atoms with Gasteiger partial charge in [0.15, 0.2) is 0 Å². The van der Waals surface area contributed by atoms with Crippen molar-refractivity contribution in [2.24, 2.45) is 5.73 Å². The molecule has 1 aromatic rings. The predicted molar refractivity (Wildman–Crippen MR) is 73.4 cm³/mol. The fourth-order valence-corrected chi connectivity index (χ4v) is 2.18. The van der Waals surface area contributed by atoms with Crippen LogP contribution in [0.4, 0.5) is 5.69 Å². The largest absolute Gasteiger partial charge is 0.383 e. The lowest BCUT2D eigenvalue weighted by Gasteiger charge is -2.32. The lowest BCUT2D eigenvalue weighted by molar-refractivity contribution is 0.182. The van der Waals surface area contributed by atoms with Crippen molar-refractivity contribution in [1.82, 2.24) is 0 Å². The maximum absolute atomic E-state index is 6.02. The van der Waals surface area contributed by atoms with Gasteiger partial charge in [0.25, 0.3) is 0 Å². The quantitative estimate of drug-likeness (QED) is 0.825. The number of nitrogens with two attached hydrogens (primary N) is 1. The van der Waals surface area contributed by atoms with Crippen LogP contribution in [0, 0.1) is 0 Å². The second kappa shape index (κ2) is 6.62. The standard InChI is InChI=1S/C14H24N2O/c1-5-16(11(2)10-17-4)14-9-7-6-8-13(14)12(3)15/h6-9,11-12H,5,10,15H2,1-4H3/t11?,12-/m0/s1. The molecular formula is C14H24N2O. The monoisotopic (exact) mass is 236 g/mol. The molecule has 1 aromatic carbocycles. The normalized spacial score (nSPS) is 14.4. The zero-order valence-electron chi connectivity index (χ0n) is 11.3. The van der Waals surface area contributed by atoms with Gasteiger partial charge in [0, 0.05) is 31.4 Å². The number of rotatable bonds is 6. The second-order valence-corrected chi connectivity index (χ2v) is 4.44. The lowest BCUT2D eigenvalue weighted by atomic mass is 10.0. The maximum atomic E-state index is 6.02. The molecule has 3 heteroatoms. The summed E-state index contributed by atoms with van der Waals surface area (Å²) >= 11 is 0. The van der Waals surface area contributed by atoms with E-state index in [0.29, 0.717) is 6.04 Å². The minimum Gasteiger partial charge on any atom is -0.383 e. The van der Waals surface area contributed by atoms with Crippen molar-refractivity contribution in [3.63, 3.8) is 0 Å². The SMILES string of the molecule is CCN(c1ccccc1[C@H](C)N)C(C)COC. The van der Waals surface area contributed by atoms with E-state index in [4.69, 9.17) is 10.5 Å². The number of ether oxygens (including phenoxy) is 1. The number of nitrogens with zero attached hydrogens (tertiary/aromatic N) is 1. The van der Waals surface area contributed by atoms with Crippen LogP contribution in [-0.2, 0) is 4.74 Å². The first-order valence-electron chi connectivity index (χ1n) is 6.21. The van der Waals surface area contributed by atoms with Crippen LogP contribution in [0.1, 0.15) is 32.4 Å². The van der Waals surface area contributed by atoms with E-state index in [1.807, 2.05) is 13.0 Å². The first-order valence-corrected chi connectivity index (χ1v) is 6.21. The summed E-state index contributed by atoms with van der Waals surface area (Å²) in [6.45, 7) is 8.03. The topological polar surface area (TPSA) is 38.5 Å². The fourth-order valence-electron chi connectivity index (χ4n) is 2.18. The molecule has 0 bridgehead atoms. The number of hydrogen-bond acceptors (Lipinski definition) is 3. The molecule has 0 radical (unpaired) electrons. The minimum atomic E-state index is 0.0509. The highest BCUT2D eigenvalue weighted by atomic mass is 16.5. The number of methoxy groups -OCH3 is 1. The van der Waals surface area contributed by atoms with Crippen LogP contribution in [0.5, 0.6) is 0 Å². The minimum absolute atomic E-state index is 0.0509. The van der Waals surface area contributed by atoms with Gasteiger partial charge >= 0.3 is 0 Å². The molecule has 0 saturated carbocycles. The number of anilines is 1. The number of hydrogen-bond donors (Lipinski definition) is 1. The van der Waals surface area contributed by atoms with Gasteiger partial charge in [-0.1, -0.05) is 18.2 Å². The molecule has 0 spiro atoms. The van der Waals surface area contributed by atoms with Crippen LogP contribution in [0.2, 0.25) is 0 Å². The third kappa shape index (κ3) is 3.45. The molecule has 0 aliphatic carbocycles. The van der Waals surface area contributed by atoms with Crippen LogP contribution in [0.3, 0.4) is 0 Å². The summed E-state index contributed by atoms with van der Waals surface area (Å²) in [5, 5.41) is 0. The Bertz CT molecular complexity index is 339. The van der Waals surface area contributed by atoms with Gasteiger partial charge in [0.1, 0.15) is 0 Å². The van der Waals surface area contributed by atoms with Crippen LogP contribution < -0.4 is 10.6 Å². The molecule has 1 unspecified atom stereocenters. The van der Waals surface area contributed by atoms with Gasteiger partial charge in [0.05, 0.1) is 6.61 Å². The molecule has 17 heavy (non-hydrogen) atoms. The van der Waals surface area contributed by atoms with E-state index < -0.39 is 0 Å². The van der Waals surface area contributed by atoms with Gasteiger partial charge in [-0.05, 0) is 32.4 Å². The van der Waals surface area contributed by atoms with Crippen LogP contribution in [0.15, 0.2) is 24.3 Å². The molecular weight excluding hydrogens is 212 g/mol. The van der Waals surface area contributed by atoms with Crippen molar-refractivity contribution in [2.45, 2.75) is 32.9 Å². The average Bonchev–Trinajstić information content (AvgIpc) is 2.31. The fraction of sp³-hybridized carbons (Fsp3) is 0.571. The molecule has 1 rings (SSSR count). The summed E-state index contributed by atoms with van der Waals surface area (Å²) in [7, 11) is 1.74. The van der Waals surface area contributed by atoms with Crippen molar-refractivity contribution in [3.8, 4) is 0 Å². The zero-order chi connectivity index (χ0) is 12.8. The summed E-state index contributed by atoms with van der Waals surface area (Å²) in [6.07, 6.45) is 0. The van der Waals surface area contributed by atoms with Crippen molar-refractivity contribution >= 4 is 5.69 Å². The van der Waals surface area contributed by atoms with E-state index >= 15 is 0 Å². The van der Waals surface area contributed by atoms with Gasteiger partial charge in [-0.2, -0.15) is 0 Å². The van der Waals surface area contributed by atoms with Gasteiger partial charge in [-0.3, -0.25) is 0 Å². The van der Waals surface area contributed by atoms with E-state index in [1.165, 1.54) is 11.3 Å². The summed E-state index contributed by atoms with van der Waals surface area (Å²) in [5.41, 5.74) is 8.43. The number of para-hydroxylation sites is 1. The number of likely N-dealkylation sites (N-methyl/N-ethyl adjacent to an activating group) is 1. The van der Waals surface area contributed by atoms with Gasteiger partial charge in [0.2, 0.25) is 0 Å². The first kappa shape index (κ1) is 14.0. The molecule has 0 fully saturated rings. The lowest BCUT2D eigenvalue weighted by Crippen LogP contribution is -2.37. The van der Waals surface area contributed by atoms with E-state index in [2.05, 4.69) is 36.9 Å². The van der Waals surface area contributed by atoms with E-state index in [0.717, 1.165) is 13.2 Å². The van der Waals surface area contributed by atoms with Crippen LogP contribution in [-0.4, -0.2) is 26.3 Å². The Labute approximate surface area is 105 Å². The molecule has 96 valence electrons. The summed E-state index contributed by atoms with van der Waals surface area (Å²) in [4.78, 5) is 2.34. The molecule has 0 aliphatic rings. The van der Waals surface area contributed by atoms with Crippen molar-refractivity contribution in [1.29, 1.82) is 0 Å². The molecule has 0 aliphatic heterocycles. The van der Waals surface area contributed by atoms with Crippen LogP contribution in [0.25, 0.3) is 0 Å². The number of benzene rings is 1. The molecule has 0 heterocycles. The van der Waals surface area contributed by atoms with E-state index in [-0.39, 0.29) is 6.04 Å². The maximum Gasteiger partial charge on any atom is 0.0663 e. The second-order valence-electron chi connectivity index (χ2n) is 4.44. The molecule has 3 nitrogen and oxygen atoms in total. The van der Waals surface area contributed by atoms with Crippen LogP contribution >= 0.6 is 0 Å². The summed E-state index contributed by atoms with van der Waals surface area (Å²) in [5.74, 6) is 0. The Morgan fingerprint density at radius 3 is 2.47 bits per heavy atom. The summed E-state index contributed by atoms with van der Waals surface area (Å²) in [6, 6.07) is 8.73. The van der Waals surface area contributed by atoms with E-state index in [9.17, 15) is 0 Å². The van der Waals surface area contributed by atoms with Gasteiger partial charge in [-0.25, -0.2) is 0 Å². The molecule has 2 N–H and O–H groups in total. The highest BCUT2D eigenvalue weighted by molar-refractivity contribution is 5.55. The van der Waals surface area contributed by atoms with Crippen molar-refractivity contribution < 1.29 is 4.74 Å². The predicted octanol–water partition coefficient (Wildman–Crippen LogP) is 2.57. The molecule has 0 amide bonds. The van der Waals surface area contributed by atoms with E-state index in [1.54, 1.807) is 7.11 Å². The Kier molecular flexibility index (Phi) is 5.45. The zero-order valence-corrected chi connectivity index (χ0v) is 11.3. The van der Waals surface area contributed by atoms with Crippen molar-refractivity contribution in [3.05, 3.63) is 29.8 Å². The highest BCUT2D eigenvalue weighted by Gasteiger charge is 2.16. The Balaban J connectivity index is 3.02. The Morgan fingerprint density at radius 1 is 1.29 bits per heavy atom. The van der Waals surface area contributed by atoms with Gasteiger partial charge < -0.3 is 15.4 Å². The molecule has 2 atom stereocenters. The highest BCUT2D eigenvalue weighted by Crippen LogP contribution is 2.26. The third-order valence-electron chi connectivity index (χ3n) is 3.02. The smallest absolute Gasteiger partial charge is 0.0663 e.